The number of ether oxygens (including phenoxy) is 1. The maximum atomic E-state index is 10.8. The number of carbonyl (C=O) groups is 1. The molecule has 19 heavy (non-hydrogen) atoms. The van der Waals surface area contributed by atoms with Gasteiger partial charge in [-0.1, -0.05) is 29.8 Å². The standard InChI is InChI=1S/C15H13ClO3/c1-19-13-5-2-10(3-6-13)11-4-7-14(16)12(8-11)9-15(17)18/h2-8H,9H2,1H3,(H,17,18). The molecule has 0 saturated heterocycles. The lowest BCUT2D eigenvalue weighted by Gasteiger charge is -2.07. The Labute approximate surface area is 116 Å². The number of benzene rings is 2. The Morgan fingerprint density at radius 1 is 1.16 bits per heavy atom. The molecule has 1 N–H and O–H groups in total. The second-order valence-corrected chi connectivity index (χ2v) is 4.51. The van der Waals surface area contributed by atoms with E-state index in [0.717, 1.165) is 16.9 Å². The van der Waals surface area contributed by atoms with Gasteiger partial charge in [-0.2, -0.15) is 0 Å². The lowest BCUT2D eigenvalue weighted by atomic mass is 10.0. The van der Waals surface area contributed by atoms with E-state index < -0.39 is 5.97 Å². The third kappa shape index (κ3) is 3.26. The van der Waals surface area contributed by atoms with E-state index in [2.05, 4.69) is 0 Å². The lowest BCUT2D eigenvalue weighted by Crippen LogP contribution is -2.00. The molecule has 0 spiro atoms. The predicted octanol–water partition coefficient (Wildman–Crippen LogP) is 3.64. The van der Waals surface area contributed by atoms with E-state index in [9.17, 15) is 4.79 Å². The van der Waals surface area contributed by atoms with Crippen LogP contribution in [0.4, 0.5) is 0 Å². The molecule has 3 nitrogen and oxygen atoms in total. The van der Waals surface area contributed by atoms with Gasteiger partial charge in [0.05, 0.1) is 13.5 Å². The molecule has 0 radical (unpaired) electrons. The van der Waals surface area contributed by atoms with Crippen LogP contribution in [0.1, 0.15) is 5.56 Å². The van der Waals surface area contributed by atoms with Crippen molar-refractivity contribution >= 4 is 17.6 Å². The van der Waals surface area contributed by atoms with Crippen LogP contribution in [0, 0.1) is 0 Å². The first-order chi connectivity index (χ1) is 9.10. The Balaban J connectivity index is 2.36. The average molecular weight is 277 g/mol. The van der Waals surface area contributed by atoms with Gasteiger partial charge in [-0.05, 0) is 41.0 Å². The molecule has 0 fully saturated rings. The number of carboxylic acids is 1. The topological polar surface area (TPSA) is 46.5 Å². The van der Waals surface area contributed by atoms with E-state index in [-0.39, 0.29) is 6.42 Å². The third-order valence-electron chi connectivity index (χ3n) is 2.81. The van der Waals surface area contributed by atoms with Crippen LogP contribution >= 0.6 is 11.6 Å². The highest BCUT2D eigenvalue weighted by Gasteiger charge is 2.07. The van der Waals surface area contributed by atoms with Gasteiger partial charge in [-0.15, -0.1) is 0 Å². The summed E-state index contributed by atoms with van der Waals surface area (Å²) in [5.41, 5.74) is 2.54. The van der Waals surface area contributed by atoms with Crippen LogP contribution in [0.3, 0.4) is 0 Å². The number of carboxylic acid groups (broad SMARTS) is 1. The maximum Gasteiger partial charge on any atom is 0.307 e. The van der Waals surface area contributed by atoms with Gasteiger partial charge in [0.15, 0.2) is 0 Å². The Morgan fingerprint density at radius 3 is 2.37 bits per heavy atom. The highest BCUT2D eigenvalue weighted by Crippen LogP contribution is 2.27. The van der Waals surface area contributed by atoms with E-state index in [1.165, 1.54) is 0 Å². The Kier molecular flexibility index (Phi) is 4.07. The summed E-state index contributed by atoms with van der Waals surface area (Å²) in [5, 5.41) is 9.32. The maximum absolute atomic E-state index is 10.8. The van der Waals surface area contributed by atoms with Gasteiger partial charge in [-0.25, -0.2) is 0 Å². The van der Waals surface area contributed by atoms with E-state index in [4.69, 9.17) is 21.4 Å². The summed E-state index contributed by atoms with van der Waals surface area (Å²) < 4.78 is 5.10. The van der Waals surface area contributed by atoms with Crippen molar-refractivity contribution in [1.29, 1.82) is 0 Å². The minimum Gasteiger partial charge on any atom is -0.497 e. The highest BCUT2D eigenvalue weighted by atomic mass is 35.5. The molecular formula is C15H13ClO3. The summed E-state index contributed by atoms with van der Waals surface area (Å²) in [7, 11) is 1.61. The van der Waals surface area contributed by atoms with Crippen molar-refractivity contribution in [1.82, 2.24) is 0 Å². The van der Waals surface area contributed by atoms with Crippen molar-refractivity contribution in [3.63, 3.8) is 0 Å². The summed E-state index contributed by atoms with van der Waals surface area (Å²) in [6.07, 6.45) is -0.0805. The zero-order valence-electron chi connectivity index (χ0n) is 10.4. The minimum absolute atomic E-state index is 0.0805. The lowest BCUT2D eigenvalue weighted by molar-refractivity contribution is -0.136. The van der Waals surface area contributed by atoms with Crippen molar-refractivity contribution in [2.75, 3.05) is 7.11 Å². The molecule has 2 aromatic carbocycles. The first kappa shape index (κ1) is 13.4. The number of aliphatic carboxylic acids is 1. The fourth-order valence-electron chi connectivity index (χ4n) is 1.84. The van der Waals surface area contributed by atoms with Crippen molar-refractivity contribution < 1.29 is 14.6 Å². The van der Waals surface area contributed by atoms with Crippen LogP contribution in [0.2, 0.25) is 5.02 Å². The number of methoxy groups -OCH3 is 1. The van der Waals surface area contributed by atoms with Gasteiger partial charge in [0.2, 0.25) is 0 Å². The first-order valence-corrected chi connectivity index (χ1v) is 6.12. The van der Waals surface area contributed by atoms with Crippen LogP contribution in [0.5, 0.6) is 5.75 Å². The van der Waals surface area contributed by atoms with E-state index in [1.807, 2.05) is 30.3 Å². The van der Waals surface area contributed by atoms with Crippen LogP contribution in [-0.2, 0) is 11.2 Å². The Bertz CT molecular complexity index is 591. The summed E-state index contributed by atoms with van der Waals surface area (Å²) in [5.74, 6) is -0.114. The number of hydrogen-bond acceptors (Lipinski definition) is 2. The van der Waals surface area contributed by atoms with Gasteiger partial charge < -0.3 is 9.84 Å². The van der Waals surface area contributed by atoms with Crippen LogP contribution in [-0.4, -0.2) is 18.2 Å². The van der Waals surface area contributed by atoms with E-state index in [0.29, 0.717) is 10.6 Å². The summed E-state index contributed by atoms with van der Waals surface area (Å²) in [6, 6.07) is 13.0. The first-order valence-electron chi connectivity index (χ1n) is 5.75. The van der Waals surface area contributed by atoms with Gasteiger partial charge in [0.25, 0.3) is 0 Å². The second-order valence-electron chi connectivity index (χ2n) is 4.11. The fourth-order valence-corrected chi connectivity index (χ4v) is 2.02. The van der Waals surface area contributed by atoms with Crippen molar-refractivity contribution in [2.24, 2.45) is 0 Å². The van der Waals surface area contributed by atoms with Gasteiger partial charge in [0.1, 0.15) is 5.75 Å². The Morgan fingerprint density at radius 2 is 1.79 bits per heavy atom. The van der Waals surface area contributed by atoms with Crippen LogP contribution < -0.4 is 4.74 Å². The van der Waals surface area contributed by atoms with Crippen molar-refractivity contribution in [3.05, 3.63) is 53.1 Å². The number of rotatable bonds is 4. The molecule has 4 heteroatoms. The molecule has 0 heterocycles. The minimum atomic E-state index is -0.895. The normalized spacial score (nSPS) is 10.2. The molecule has 0 aromatic heterocycles. The zero-order chi connectivity index (χ0) is 13.8. The van der Waals surface area contributed by atoms with Gasteiger partial charge in [-0.3, -0.25) is 4.79 Å². The second kappa shape index (κ2) is 5.76. The largest absolute Gasteiger partial charge is 0.497 e. The third-order valence-corrected chi connectivity index (χ3v) is 3.18. The fraction of sp³-hybridized carbons (Fsp3) is 0.133. The predicted molar refractivity (Wildman–Crippen MR) is 74.8 cm³/mol. The number of halogens is 1. The Hall–Kier alpha value is -2.00. The SMILES string of the molecule is COc1ccc(-c2ccc(Cl)c(CC(=O)O)c2)cc1. The molecule has 0 saturated carbocycles. The van der Waals surface area contributed by atoms with Crippen LogP contribution in [0.15, 0.2) is 42.5 Å². The molecule has 0 aliphatic rings. The molecular weight excluding hydrogens is 264 g/mol. The summed E-state index contributed by atoms with van der Waals surface area (Å²) in [6.45, 7) is 0. The molecule has 0 amide bonds. The average Bonchev–Trinajstić information content (AvgIpc) is 2.41. The van der Waals surface area contributed by atoms with Gasteiger partial charge >= 0.3 is 5.97 Å². The molecule has 2 aromatic rings. The molecule has 0 aliphatic carbocycles. The molecule has 0 unspecified atom stereocenters. The molecule has 0 aliphatic heterocycles. The summed E-state index contributed by atoms with van der Waals surface area (Å²) >= 11 is 5.99. The molecule has 0 bridgehead atoms. The monoisotopic (exact) mass is 276 g/mol. The zero-order valence-corrected chi connectivity index (χ0v) is 11.1. The smallest absolute Gasteiger partial charge is 0.307 e. The number of hydrogen-bond donors (Lipinski definition) is 1. The van der Waals surface area contributed by atoms with Crippen LogP contribution in [0.25, 0.3) is 11.1 Å². The molecule has 98 valence electrons. The van der Waals surface area contributed by atoms with E-state index in [1.54, 1.807) is 19.2 Å². The van der Waals surface area contributed by atoms with Crippen molar-refractivity contribution in [2.45, 2.75) is 6.42 Å². The summed E-state index contributed by atoms with van der Waals surface area (Å²) in [4.78, 5) is 10.8. The molecule has 2 rings (SSSR count). The van der Waals surface area contributed by atoms with E-state index >= 15 is 0 Å². The highest BCUT2D eigenvalue weighted by molar-refractivity contribution is 6.31. The molecule has 0 atom stereocenters. The quantitative estimate of drug-likeness (QED) is 0.927. The van der Waals surface area contributed by atoms with Gasteiger partial charge in [0, 0.05) is 5.02 Å². The van der Waals surface area contributed by atoms with Crippen molar-refractivity contribution in [3.8, 4) is 16.9 Å².